The quantitative estimate of drug-likeness (QED) is 0.525. The van der Waals surface area contributed by atoms with Crippen molar-refractivity contribution < 1.29 is 0 Å². The van der Waals surface area contributed by atoms with Crippen molar-refractivity contribution in [3.05, 3.63) is 42.9 Å². The van der Waals surface area contributed by atoms with Crippen LogP contribution in [0, 0.1) is 6.92 Å². The average molecular weight is 177 g/mol. The zero-order valence-electron chi connectivity index (χ0n) is 8.97. The summed E-state index contributed by atoms with van der Waals surface area (Å²) in [4.78, 5) is 0. The molecule has 1 radical (unpaired) electrons. The molecule has 0 amide bonds. The van der Waals surface area contributed by atoms with Crippen LogP contribution in [0.15, 0.2) is 36.0 Å². The summed E-state index contributed by atoms with van der Waals surface area (Å²) in [5.74, 6) is 0. The number of hydrogen-bond donors (Lipinski definition) is 0. The lowest BCUT2D eigenvalue weighted by atomic mass is 10.1. The Morgan fingerprint density at radius 2 is 2.08 bits per heavy atom. The Balaban J connectivity index is 4.32. The van der Waals surface area contributed by atoms with Gasteiger partial charge in [-0.2, -0.15) is 0 Å². The fourth-order valence-electron chi connectivity index (χ4n) is 1.12. The fourth-order valence-corrected chi connectivity index (χ4v) is 1.12. The smallest absolute Gasteiger partial charge is 0.0282 e. The standard InChI is InChI=1S/C13H21/c1-5-8-10-13(9-6-2)11-12(4)7-3/h7,10-11H,2-3,5-6,8-9H2,1,4H3. The molecule has 0 bridgehead atoms. The SMILES string of the molecule is [CH2]CCC(C=C(C)C=C)=CCCC. The summed E-state index contributed by atoms with van der Waals surface area (Å²) < 4.78 is 0. The van der Waals surface area contributed by atoms with Gasteiger partial charge in [-0.15, -0.1) is 0 Å². The Morgan fingerprint density at radius 1 is 1.38 bits per heavy atom. The van der Waals surface area contributed by atoms with Gasteiger partial charge in [0.1, 0.15) is 0 Å². The van der Waals surface area contributed by atoms with Crippen LogP contribution in [-0.4, -0.2) is 0 Å². The van der Waals surface area contributed by atoms with Crippen LogP contribution in [0.1, 0.15) is 39.5 Å². The van der Waals surface area contributed by atoms with Gasteiger partial charge in [-0.3, -0.25) is 0 Å². The number of unbranched alkanes of at least 4 members (excludes halogenated alkanes) is 1. The highest BCUT2D eigenvalue weighted by Gasteiger charge is 1.91. The number of rotatable bonds is 6. The number of hydrogen-bond acceptors (Lipinski definition) is 0. The maximum Gasteiger partial charge on any atom is -0.0282 e. The summed E-state index contributed by atoms with van der Waals surface area (Å²) in [5.41, 5.74) is 2.63. The lowest BCUT2D eigenvalue weighted by Crippen LogP contribution is -1.80. The largest absolute Gasteiger partial charge is 0.0988 e. The van der Waals surface area contributed by atoms with Gasteiger partial charge in [0.05, 0.1) is 0 Å². The van der Waals surface area contributed by atoms with Crippen LogP contribution in [0.2, 0.25) is 0 Å². The van der Waals surface area contributed by atoms with Crippen LogP contribution in [0.4, 0.5) is 0 Å². The Bertz CT molecular complexity index is 194. The van der Waals surface area contributed by atoms with E-state index in [2.05, 4.69) is 39.5 Å². The lowest BCUT2D eigenvalue weighted by molar-refractivity contribution is 0.924. The minimum Gasteiger partial charge on any atom is -0.0988 e. The molecule has 0 spiro atoms. The molecule has 0 fully saturated rings. The molecule has 0 saturated carbocycles. The fraction of sp³-hybridized carbons (Fsp3) is 0.462. The highest BCUT2D eigenvalue weighted by Crippen LogP contribution is 2.11. The highest BCUT2D eigenvalue weighted by molar-refractivity contribution is 5.27. The van der Waals surface area contributed by atoms with Gasteiger partial charge in [0.15, 0.2) is 0 Å². The van der Waals surface area contributed by atoms with Crippen LogP contribution in [0.5, 0.6) is 0 Å². The molecule has 0 aromatic heterocycles. The van der Waals surface area contributed by atoms with Crippen molar-refractivity contribution in [1.82, 2.24) is 0 Å². The van der Waals surface area contributed by atoms with Gasteiger partial charge in [0, 0.05) is 0 Å². The molecule has 0 aliphatic carbocycles. The van der Waals surface area contributed by atoms with Crippen molar-refractivity contribution in [3.63, 3.8) is 0 Å². The lowest BCUT2D eigenvalue weighted by Gasteiger charge is -2.00. The molecule has 73 valence electrons. The Kier molecular flexibility index (Phi) is 7.38. The van der Waals surface area contributed by atoms with Crippen molar-refractivity contribution in [2.75, 3.05) is 0 Å². The van der Waals surface area contributed by atoms with Gasteiger partial charge in [-0.05, 0) is 26.2 Å². The van der Waals surface area contributed by atoms with Crippen LogP contribution in [-0.2, 0) is 0 Å². The molecule has 0 aromatic carbocycles. The van der Waals surface area contributed by atoms with Crippen molar-refractivity contribution in [2.45, 2.75) is 39.5 Å². The molecule has 0 N–H and O–H groups in total. The summed E-state index contributed by atoms with van der Waals surface area (Å²) in [5, 5.41) is 0. The molecule has 0 rings (SSSR count). The van der Waals surface area contributed by atoms with E-state index in [0.717, 1.165) is 19.3 Å². The van der Waals surface area contributed by atoms with E-state index in [1.54, 1.807) is 0 Å². The second-order valence-corrected chi connectivity index (χ2v) is 3.26. The maximum atomic E-state index is 3.87. The molecule has 0 nitrogen and oxygen atoms in total. The van der Waals surface area contributed by atoms with E-state index in [0.29, 0.717) is 0 Å². The second kappa shape index (κ2) is 7.85. The third-order valence-electron chi connectivity index (χ3n) is 1.90. The third kappa shape index (κ3) is 6.39. The Hall–Kier alpha value is -0.780. The summed E-state index contributed by atoms with van der Waals surface area (Å²) in [6.45, 7) is 11.9. The summed E-state index contributed by atoms with van der Waals surface area (Å²) >= 11 is 0. The molecule has 13 heavy (non-hydrogen) atoms. The first kappa shape index (κ1) is 12.2. The monoisotopic (exact) mass is 177 g/mol. The van der Waals surface area contributed by atoms with Crippen LogP contribution in [0.25, 0.3) is 0 Å². The number of allylic oxidation sites excluding steroid dienone is 5. The summed E-state index contributed by atoms with van der Waals surface area (Å²) in [6, 6.07) is 0. The molecule has 0 aliphatic rings. The first-order valence-electron chi connectivity index (χ1n) is 5.03. The molecule has 0 atom stereocenters. The van der Waals surface area contributed by atoms with Crippen molar-refractivity contribution in [2.24, 2.45) is 0 Å². The minimum absolute atomic E-state index is 0.969. The van der Waals surface area contributed by atoms with Crippen molar-refractivity contribution in [3.8, 4) is 0 Å². The van der Waals surface area contributed by atoms with E-state index in [9.17, 15) is 0 Å². The molecule has 0 aromatic rings. The van der Waals surface area contributed by atoms with Gasteiger partial charge in [0.2, 0.25) is 0 Å². The van der Waals surface area contributed by atoms with E-state index in [4.69, 9.17) is 0 Å². The highest BCUT2D eigenvalue weighted by atomic mass is 14.0. The van der Waals surface area contributed by atoms with E-state index in [1.165, 1.54) is 17.6 Å². The van der Waals surface area contributed by atoms with Crippen LogP contribution >= 0.6 is 0 Å². The van der Waals surface area contributed by atoms with E-state index < -0.39 is 0 Å². The first-order valence-corrected chi connectivity index (χ1v) is 5.03. The average Bonchev–Trinajstić information content (AvgIpc) is 2.14. The first-order chi connectivity index (χ1) is 6.24. The minimum atomic E-state index is 0.969. The Morgan fingerprint density at radius 3 is 2.54 bits per heavy atom. The van der Waals surface area contributed by atoms with E-state index in [1.807, 2.05) is 6.08 Å². The van der Waals surface area contributed by atoms with E-state index in [-0.39, 0.29) is 0 Å². The molecule has 0 unspecified atom stereocenters. The van der Waals surface area contributed by atoms with Gasteiger partial charge in [0.25, 0.3) is 0 Å². The van der Waals surface area contributed by atoms with Gasteiger partial charge >= 0.3 is 0 Å². The zero-order chi connectivity index (χ0) is 10.1. The Labute approximate surface area is 83.0 Å². The van der Waals surface area contributed by atoms with Crippen molar-refractivity contribution in [1.29, 1.82) is 0 Å². The normalized spacial score (nSPS) is 13.2. The molecule has 0 heterocycles. The third-order valence-corrected chi connectivity index (χ3v) is 1.90. The molecule has 0 heteroatoms. The van der Waals surface area contributed by atoms with Crippen LogP contribution in [0.3, 0.4) is 0 Å². The predicted molar refractivity (Wildman–Crippen MR) is 61.5 cm³/mol. The molecule has 0 aliphatic heterocycles. The molecular weight excluding hydrogens is 156 g/mol. The second-order valence-electron chi connectivity index (χ2n) is 3.26. The molecule has 0 saturated heterocycles. The van der Waals surface area contributed by atoms with Crippen LogP contribution < -0.4 is 0 Å². The van der Waals surface area contributed by atoms with Gasteiger partial charge < -0.3 is 0 Å². The zero-order valence-corrected chi connectivity index (χ0v) is 8.97. The molecular formula is C13H21. The van der Waals surface area contributed by atoms with E-state index >= 15 is 0 Å². The predicted octanol–water partition coefficient (Wildman–Crippen LogP) is 4.46. The van der Waals surface area contributed by atoms with Crippen molar-refractivity contribution >= 4 is 0 Å². The topological polar surface area (TPSA) is 0 Å². The maximum absolute atomic E-state index is 3.87. The van der Waals surface area contributed by atoms with Gasteiger partial charge in [-0.1, -0.05) is 56.2 Å². The van der Waals surface area contributed by atoms with Gasteiger partial charge in [-0.25, -0.2) is 0 Å². The summed E-state index contributed by atoms with van der Waals surface area (Å²) in [7, 11) is 0. The summed E-state index contributed by atoms with van der Waals surface area (Å²) in [6.07, 6.45) is 10.8.